The monoisotopic (exact) mass is 543 g/mol. The van der Waals surface area contributed by atoms with Gasteiger partial charge >= 0.3 is 6.09 Å². The number of carbonyl (C=O) groups is 1. The zero-order valence-electron chi connectivity index (χ0n) is 22.4. The van der Waals surface area contributed by atoms with Crippen molar-refractivity contribution in [2.75, 3.05) is 49.5 Å². The summed E-state index contributed by atoms with van der Waals surface area (Å²) in [6.07, 6.45) is 0.662. The lowest BCUT2D eigenvalue weighted by Crippen LogP contribution is -2.47. The molecule has 0 radical (unpaired) electrons. The number of nitrogens with one attached hydrogen (secondary N) is 2. The van der Waals surface area contributed by atoms with Crippen molar-refractivity contribution in [2.45, 2.75) is 20.0 Å². The first-order valence-electron chi connectivity index (χ1n) is 13.2. The fourth-order valence-electron chi connectivity index (χ4n) is 4.67. The minimum atomic E-state index is -0.996. The molecule has 0 aliphatic carbocycles. The van der Waals surface area contributed by atoms with Crippen LogP contribution in [0.15, 0.2) is 60.8 Å². The minimum absolute atomic E-state index is 0.174. The van der Waals surface area contributed by atoms with Crippen LogP contribution in [-0.2, 0) is 13.1 Å². The Morgan fingerprint density at radius 2 is 1.85 bits per heavy atom. The molecule has 12 nitrogen and oxygen atoms in total. The highest BCUT2D eigenvalue weighted by molar-refractivity contribution is 5.67. The van der Waals surface area contributed by atoms with Crippen molar-refractivity contribution < 1.29 is 15.0 Å². The first kappa shape index (κ1) is 27.0. The van der Waals surface area contributed by atoms with Gasteiger partial charge in [0, 0.05) is 63.2 Å². The Bertz CT molecular complexity index is 1400. The standard InChI is InChI=1S/C28H33N9O3/c1-20-30-25(17-27(31-20)36-12-10-35(11-13-36)14-15-38)32-26-16-24(33-34-26)22-7-5-21(6-8-22)18-37(28(39)40)19-23-4-2-3-9-29-23/h2-9,16-17,38H,10-15,18-19H2,1H3,(H,39,40)(H2,30,31,32,33,34). The van der Waals surface area contributed by atoms with Crippen molar-refractivity contribution in [3.8, 4) is 11.3 Å². The molecule has 208 valence electrons. The number of amides is 1. The van der Waals surface area contributed by atoms with Crippen molar-refractivity contribution in [1.29, 1.82) is 0 Å². The van der Waals surface area contributed by atoms with Crippen LogP contribution in [0.25, 0.3) is 11.3 Å². The van der Waals surface area contributed by atoms with Crippen LogP contribution in [0.3, 0.4) is 0 Å². The number of H-pyrrole nitrogens is 1. The van der Waals surface area contributed by atoms with Gasteiger partial charge in [0.2, 0.25) is 0 Å². The number of β-amino-alcohol motifs (C(OH)–C–C–N with tert-alkyl or cyclic N) is 1. The van der Waals surface area contributed by atoms with Gasteiger partial charge in [0.05, 0.1) is 24.5 Å². The van der Waals surface area contributed by atoms with E-state index in [1.165, 1.54) is 4.90 Å². The van der Waals surface area contributed by atoms with E-state index in [9.17, 15) is 15.0 Å². The third-order valence-electron chi connectivity index (χ3n) is 6.75. The molecule has 0 atom stereocenters. The zero-order valence-corrected chi connectivity index (χ0v) is 22.4. The average Bonchev–Trinajstić information content (AvgIpc) is 3.42. The van der Waals surface area contributed by atoms with Crippen molar-refractivity contribution in [3.05, 3.63) is 77.9 Å². The van der Waals surface area contributed by atoms with E-state index in [-0.39, 0.29) is 19.7 Å². The van der Waals surface area contributed by atoms with Gasteiger partial charge < -0.3 is 20.4 Å². The summed E-state index contributed by atoms with van der Waals surface area (Å²) in [5.41, 5.74) is 3.23. The third-order valence-corrected chi connectivity index (χ3v) is 6.75. The van der Waals surface area contributed by atoms with E-state index < -0.39 is 6.09 Å². The number of aliphatic hydroxyl groups excluding tert-OH is 1. The van der Waals surface area contributed by atoms with Crippen molar-refractivity contribution in [2.24, 2.45) is 0 Å². The molecule has 40 heavy (non-hydrogen) atoms. The first-order valence-corrected chi connectivity index (χ1v) is 13.2. The smallest absolute Gasteiger partial charge is 0.407 e. The number of aromatic nitrogens is 5. The number of aliphatic hydroxyl groups is 1. The van der Waals surface area contributed by atoms with Gasteiger partial charge in [-0.2, -0.15) is 5.10 Å². The number of pyridine rings is 1. The fourth-order valence-corrected chi connectivity index (χ4v) is 4.67. The number of aromatic amines is 1. The highest BCUT2D eigenvalue weighted by atomic mass is 16.4. The van der Waals surface area contributed by atoms with Gasteiger partial charge in [0.15, 0.2) is 0 Å². The first-order chi connectivity index (χ1) is 19.5. The molecule has 0 spiro atoms. The Labute approximate surface area is 232 Å². The molecular formula is C28H33N9O3. The maximum atomic E-state index is 11.8. The Kier molecular flexibility index (Phi) is 8.47. The normalized spacial score (nSPS) is 13.8. The average molecular weight is 544 g/mol. The summed E-state index contributed by atoms with van der Waals surface area (Å²) in [6.45, 7) is 6.66. The molecule has 1 aromatic carbocycles. The minimum Gasteiger partial charge on any atom is -0.465 e. The molecule has 5 rings (SSSR count). The SMILES string of the molecule is Cc1nc(Nc2cc(-c3ccc(CN(Cc4ccccn4)C(=O)O)cc3)n[nH]2)cc(N2CCN(CCO)CC2)n1. The van der Waals surface area contributed by atoms with Crippen LogP contribution in [0.1, 0.15) is 17.1 Å². The second-order valence-corrected chi connectivity index (χ2v) is 9.66. The molecule has 12 heteroatoms. The Hall–Kier alpha value is -4.55. The number of aryl methyl sites for hydroxylation is 1. The molecule has 0 saturated carbocycles. The predicted octanol–water partition coefficient (Wildman–Crippen LogP) is 3.11. The highest BCUT2D eigenvalue weighted by Crippen LogP contribution is 2.24. The molecule has 1 aliphatic heterocycles. The Morgan fingerprint density at radius 3 is 2.55 bits per heavy atom. The summed E-state index contributed by atoms with van der Waals surface area (Å²) in [7, 11) is 0. The predicted molar refractivity (Wildman–Crippen MR) is 151 cm³/mol. The second kappa shape index (κ2) is 12.5. The lowest BCUT2D eigenvalue weighted by atomic mass is 10.1. The van der Waals surface area contributed by atoms with E-state index in [1.54, 1.807) is 12.3 Å². The maximum absolute atomic E-state index is 11.8. The fraction of sp³-hybridized carbons (Fsp3) is 0.321. The molecule has 1 saturated heterocycles. The number of anilines is 3. The van der Waals surface area contributed by atoms with Gasteiger partial charge in [-0.3, -0.25) is 19.9 Å². The Morgan fingerprint density at radius 1 is 1.05 bits per heavy atom. The van der Waals surface area contributed by atoms with Gasteiger partial charge in [0.25, 0.3) is 0 Å². The number of carboxylic acid groups (broad SMARTS) is 1. The summed E-state index contributed by atoms with van der Waals surface area (Å²) in [6, 6.07) is 17.0. The largest absolute Gasteiger partial charge is 0.465 e. The van der Waals surface area contributed by atoms with Crippen LogP contribution in [0.4, 0.5) is 22.2 Å². The van der Waals surface area contributed by atoms with Crippen molar-refractivity contribution >= 4 is 23.5 Å². The molecule has 3 aromatic heterocycles. The number of benzene rings is 1. The van der Waals surface area contributed by atoms with Crippen molar-refractivity contribution in [1.82, 2.24) is 34.9 Å². The van der Waals surface area contributed by atoms with Gasteiger partial charge in [-0.05, 0) is 24.6 Å². The molecule has 0 bridgehead atoms. The summed E-state index contributed by atoms with van der Waals surface area (Å²) < 4.78 is 0. The summed E-state index contributed by atoms with van der Waals surface area (Å²) in [5.74, 6) is 2.91. The van der Waals surface area contributed by atoms with Crippen molar-refractivity contribution in [3.63, 3.8) is 0 Å². The number of piperazine rings is 1. The molecule has 1 aliphatic rings. The van der Waals surface area contributed by atoms with Crippen LogP contribution in [0.5, 0.6) is 0 Å². The van der Waals surface area contributed by atoms with Crippen LogP contribution in [0.2, 0.25) is 0 Å². The summed E-state index contributed by atoms with van der Waals surface area (Å²) >= 11 is 0. The van der Waals surface area contributed by atoms with Gasteiger partial charge in [-0.25, -0.2) is 14.8 Å². The van der Waals surface area contributed by atoms with Crippen LogP contribution >= 0.6 is 0 Å². The van der Waals surface area contributed by atoms with Gasteiger partial charge in [0.1, 0.15) is 23.3 Å². The maximum Gasteiger partial charge on any atom is 0.407 e. The highest BCUT2D eigenvalue weighted by Gasteiger charge is 2.19. The van der Waals surface area contributed by atoms with E-state index in [0.29, 0.717) is 29.7 Å². The molecule has 0 unspecified atom stereocenters. The molecule has 4 heterocycles. The molecular weight excluding hydrogens is 510 g/mol. The lowest BCUT2D eigenvalue weighted by Gasteiger charge is -2.35. The molecule has 1 fully saturated rings. The van der Waals surface area contributed by atoms with Gasteiger partial charge in [-0.1, -0.05) is 30.3 Å². The number of hydrogen-bond acceptors (Lipinski definition) is 9. The van der Waals surface area contributed by atoms with Crippen LogP contribution in [0, 0.1) is 6.92 Å². The quantitative estimate of drug-likeness (QED) is 0.235. The van der Waals surface area contributed by atoms with Crippen LogP contribution in [-0.4, -0.2) is 90.6 Å². The molecule has 4 aromatic rings. The van der Waals surface area contributed by atoms with E-state index in [2.05, 4.69) is 40.3 Å². The van der Waals surface area contributed by atoms with E-state index >= 15 is 0 Å². The van der Waals surface area contributed by atoms with Gasteiger partial charge in [-0.15, -0.1) is 0 Å². The van der Waals surface area contributed by atoms with E-state index in [4.69, 9.17) is 0 Å². The van der Waals surface area contributed by atoms with E-state index in [1.807, 2.05) is 55.5 Å². The van der Waals surface area contributed by atoms with Crippen LogP contribution < -0.4 is 10.2 Å². The Balaban J connectivity index is 1.22. The van der Waals surface area contributed by atoms with E-state index in [0.717, 1.165) is 48.8 Å². The summed E-state index contributed by atoms with van der Waals surface area (Å²) in [5, 5.41) is 29.6. The zero-order chi connectivity index (χ0) is 27.9. The molecule has 4 N–H and O–H groups in total. The lowest BCUT2D eigenvalue weighted by molar-refractivity contribution is 0.138. The number of nitrogens with zero attached hydrogens (tertiary/aromatic N) is 7. The molecule has 1 amide bonds. The number of rotatable bonds is 10. The second-order valence-electron chi connectivity index (χ2n) is 9.66. The third kappa shape index (κ3) is 6.90. The number of hydrogen-bond donors (Lipinski definition) is 4. The topological polar surface area (TPSA) is 147 Å². The summed E-state index contributed by atoms with van der Waals surface area (Å²) in [4.78, 5) is 31.0.